The summed E-state index contributed by atoms with van der Waals surface area (Å²) in [6.07, 6.45) is -0.108. The minimum absolute atomic E-state index is 0.0265. The maximum atomic E-state index is 12.0. The van der Waals surface area contributed by atoms with Crippen molar-refractivity contribution in [3.05, 3.63) is 51.0 Å². The fourth-order valence-corrected chi connectivity index (χ4v) is 4.64. The van der Waals surface area contributed by atoms with Crippen molar-refractivity contribution in [1.82, 2.24) is 20.2 Å². The largest absolute Gasteiger partial charge is 0.496 e. The number of nitro groups is 1. The van der Waals surface area contributed by atoms with Gasteiger partial charge in [0, 0.05) is 50.9 Å². The van der Waals surface area contributed by atoms with Gasteiger partial charge in [-0.05, 0) is 31.8 Å². The summed E-state index contributed by atoms with van der Waals surface area (Å²) in [4.78, 5) is 24.3. The van der Waals surface area contributed by atoms with Gasteiger partial charge in [0.2, 0.25) is 5.95 Å². The molecule has 2 aromatic carbocycles. The smallest absolute Gasteiger partial charge is 0.294 e. The first-order valence-electron chi connectivity index (χ1n) is 13.0. The third kappa shape index (κ3) is 6.88. The molecule has 0 amide bonds. The number of nitrogen functional groups attached to an aromatic ring is 1. The van der Waals surface area contributed by atoms with Crippen molar-refractivity contribution in [3.63, 3.8) is 0 Å². The van der Waals surface area contributed by atoms with Gasteiger partial charge in [0.25, 0.3) is 5.69 Å². The number of benzene rings is 2. The average molecular weight is 587 g/mol. The Hall–Kier alpha value is -3.91. The van der Waals surface area contributed by atoms with E-state index in [0.717, 1.165) is 12.1 Å². The number of hydrogen-bond acceptors (Lipinski definition) is 12. The van der Waals surface area contributed by atoms with Crippen LogP contribution >= 0.6 is 11.6 Å². The van der Waals surface area contributed by atoms with Crippen LogP contribution in [0.1, 0.15) is 11.7 Å². The highest BCUT2D eigenvalue weighted by Crippen LogP contribution is 2.41. The number of morpholine rings is 1. The van der Waals surface area contributed by atoms with E-state index in [2.05, 4.69) is 20.6 Å². The molecule has 1 aromatic heterocycles. The van der Waals surface area contributed by atoms with Gasteiger partial charge in [-0.2, -0.15) is 4.98 Å². The van der Waals surface area contributed by atoms with E-state index in [4.69, 9.17) is 31.5 Å². The zero-order valence-electron chi connectivity index (χ0n) is 23.7. The zero-order chi connectivity index (χ0) is 29.7. The van der Waals surface area contributed by atoms with Crippen LogP contribution in [0.4, 0.5) is 28.8 Å². The maximum absolute atomic E-state index is 12.0. The van der Waals surface area contributed by atoms with E-state index in [0.29, 0.717) is 60.4 Å². The molecule has 0 saturated carbocycles. The molecule has 14 heteroatoms. The summed E-state index contributed by atoms with van der Waals surface area (Å²) in [6.45, 7) is 3.41. The molecular formula is C27H35ClN8O5. The molecule has 4 N–H and O–H groups in total. The van der Waals surface area contributed by atoms with Crippen molar-refractivity contribution in [2.75, 3.05) is 84.1 Å². The fourth-order valence-electron chi connectivity index (χ4n) is 4.45. The molecule has 1 saturated heterocycles. The number of ether oxygens (including phenoxy) is 3. The molecule has 4 rings (SSSR count). The van der Waals surface area contributed by atoms with E-state index < -0.39 is 4.92 Å². The molecule has 0 bridgehead atoms. The van der Waals surface area contributed by atoms with Gasteiger partial charge in [0.15, 0.2) is 0 Å². The Balaban J connectivity index is 1.71. The Morgan fingerprint density at radius 2 is 1.93 bits per heavy atom. The van der Waals surface area contributed by atoms with Gasteiger partial charge in [-0.25, -0.2) is 4.98 Å². The Morgan fingerprint density at radius 3 is 2.56 bits per heavy atom. The lowest BCUT2D eigenvalue weighted by Crippen LogP contribution is -2.33. The molecule has 0 spiro atoms. The highest BCUT2D eigenvalue weighted by molar-refractivity contribution is 6.35. The van der Waals surface area contributed by atoms with Gasteiger partial charge in [0.1, 0.15) is 33.7 Å². The Kier molecular flexibility index (Phi) is 9.65. The van der Waals surface area contributed by atoms with Gasteiger partial charge >= 0.3 is 0 Å². The molecule has 0 radical (unpaired) electrons. The predicted molar refractivity (Wildman–Crippen MR) is 160 cm³/mol. The molecule has 1 aliphatic heterocycles. The summed E-state index contributed by atoms with van der Waals surface area (Å²) in [7, 11) is 8.71. The molecule has 1 fully saturated rings. The number of nitrogens with two attached hydrogens (primary N) is 1. The van der Waals surface area contributed by atoms with Crippen molar-refractivity contribution in [3.8, 4) is 22.8 Å². The molecule has 41 heavy (non-hydrogen) atoms. The number of rotatable bonds is 11. The number of anilines is 4. The van der Waals surface area contributed by atoms with Crippen molar-refractivity contribution >= 4 is 40.4 Å². The molecule has 1 unspecified atom stereocenters. The van der Waals surface area contributed by atoms with Crippen LogP contribution in [-0.4, -0.2) is 87.9 Å². The van der Waals surface area contributed by atoms with Crippen molar-refractivity contribution in [2.24, 2.45) is 0 Å². The summed E-state index contributed by atoms with van der Waals surface area (Å²) >= 11 is 6.56. The van der Waals surface area contributed by atoms with Gasteiger partial charge in [-0.1, -0.05) is 17.7 Å². The number of methoxy groups -OCH3 is 2. The second kappa shape index (κ2) is 13.2. The van der Waals surface area contributed by atoms with Crippen molar-refractivity contribution < 1.29 is 19.1 Å². The summed E-state index contributed by atoms with van der Waals surface area (Å²) in [5, 5.41) is 18.5. The minimum Gasteiger partial charge on any atom is -0.496 e. The Bertz CT molecular complexity index is 1400. The first-order valence-corrected chi connectivity index (χ1v) is 13.3. The van der Waals surface area contributed by atoms with Crippen LogP contribution in [-0.2, 0) is 4.74 Å². The number of nitrogens with zero attached hydrogens (tertiary/aromatic N) is 5. The topological polar surface area (TPSA) is 153 Å². The van der Waals surface area contributed by atoms with Crippen LogP contribution in [0.3, 0.4) is 0 Å². The van der Waals surface area contributed by atoms with Crippen LogP contribution < -0.4 is 30.7 Å². The van der Waals surface area contributed by atoms with Crippen LogP contribution in [0, 0.1) is 10.1 Å². The number of likely N-dealkylation sites (N-methyl/N-ethyl adjacent to an activating group) is 2. The van der Waals surface area contributed by atoms with Crippen LogP contribution in [0.2, 0.25) is 5.02 Å². The van der Waals surface area contributed by atoms with Crippen LogP contribution in [0.25, 0.3) is 11.3 Å². The summed E-state index contributed by atoms with van der Waals surface area (Å²) in [5.41, 5.74) is 8.66. The third-order valence-corrected chi connectivity index (χ3v) is 7.06. The number of nitro benzene ring substituents is 1. The van der Waals surface area contributed by atoms with E-state index in [1.54, 1.807) is 20.2 Å². The lowest BCUT2D eigenvalue weighted by Gasteiger charge is -2.24. The number of nitrogens with one attached hydrogen (secondary N) is 2. The highest BCUT2D eigenvalue weighted by atomic mass is 35.5. The molecule has 1 aliphatic rings. The number of hydrogen-bond donors (Lipinski definition) is 3. The van der Waals surface area contributed by atoms with Gasteiger partial charge < -0.3 is 40.4 Å². The van der Waals surface area contributed by atoms with Gasteiger partial charge in [0.05, 0.1) is 37.5 Å². The molecule has 2 heterocycles. The highest BCUT2D eigenvalue weighted by Gasteiger charge is 2.24. The predicted octanol–water partition coefficient (Wildman–Crippen LogP) is 3.71. The second-order valence-corrected chi connectivity index (χ2v) is 10.1. The van der Waals surface area contributed by atoms with Crippen LogP contribution in [0.15, 0.2) is 30.3 Å². The molecule has 0 aliphatic carbocycles. The van der Waals surface area contributed by atoms with Gasteiger partial charge in [-0.15, -0.1) is 0 Å². The first-order chi connectivity index (χ1) is 19.6. The maximum Gasteiger partial charge on any atom is 0.294 e. The van der Waals surface area contributed by atoms with Crippen molar-refractivity contribution in [2.45, 2.75) is 6.10 Å². The standard InChI is InChI=1S/C27H35ClN8O5/c1-34(2)9-10-35(3)19-14-22(40-5)18(13-20(19)36(37)38)31-27-32-25(24(28)26(29)33-27)17-7-6-16(12-21(17)39-4)23-15-30-8-11-41-23/h6-7,12-14,23,30H,8-11,15H2,1-5H3,(H3,29,31,32,33). The normalized spacial score (nSPS) is 15.0. The monoisotopic (exact) mass is 586 g/mol. The number of halogens is 1. The van der Waals surface area contributed by atoms with E-state index >= 15 is 0 Å². The molecular weight excluding hydrogens is 552 g/mol. The molecule has 1 atom stereocenters. The Morgan fingerprint density at radius 1 is 1.17 bits per heavy atom. The second-order valence-electron chi connectivity index (χ2n) is 9.77. The third-order valence-electron chi connectivity index (χ3n) is 6.69. The van der Waals surface area contributed by atoms with E-state index in [9.17, 15) is 10.1 Å². The number of aromatic nitrogens is 2. The lowest BCUT2D eigenvalue weighted by molar-refractivity contribution is -0.384. The van der Waals surface area contributed by atoms with E-state index in [-0.39, 0.29) is 28.6 Å². The SMILES string of the molecule is COc1cc(N(C)CCN(C)C)c([N+](=O)[O-])cc1Nc1nc(N)c(Cl)c(-c2ccc(C3CNCCO3)cc2OC)n1. The zero-order valence-corrected chi connectivity index (χ0v) is 24.5. The van der Waals surface area contributed by atoms with Gasteiger partial charge in [-0.3, -0.25) is 10.1 Å². The first kappa shape index (κ1) is 30.1. The fraction of sp³-hybridized carbons (Fsp3) is 0.407. The van der Waals surface area contributed by atoms with E-state index in [1.165, 1.54) is 13.2 Å². The summed E-state index contributed by atoms with van der Waals surface area (Å²) < 4.78 is 17.1. The quantitative estimate of drug-likeness (QED) is 0.222. The van der Waals surface area contributed by atoms with Crippen molar-refractivity contribution in [1.29, 1.82) is 0 Å². The molecule has 13 nitrogen and oxygen atoms in total. The summed E-state index contributed by atoms with van der Waals surface area (Å²) in [5.74, 6) is 0.998. The van der Waals surface area contributed by atoms with Crippen LogP contribution in [0.5, 0.6) is 11.5 Å². The minimum atomic E-state index is -0.438. The van der Waals surface area contributed by atoms with E-state index in [1.807, 2.05) is 42.1 Å². The average Bonchev–Trinajstić information content (AvgIpc) is 2.97. The lowest BCUT2D eigenvalue weighted by atomic mass is 10.0. The summed E-state index contributed by atoms with van der Waals surface area (Å²) in [6, 6.07) is 8.65. The molecule has 3 aromatic rings. The Labute approximate surface area is 243 Å². The molecule has 220 valence electrons.